The number of carbonyl (C=O) groups excluding carboxylic acids is 1. The Morgan fingerprint density at radius 3 is 2.50 bits per heavy atom. The van der Waals surface area contributed by atoms with E-state index >= 15 is 0 Å². The topological polar surface area (TPSA) is 58.6 Å². The van der Waals surface area contributed by atoms with Gasteiger partial charge in [-0.3, -0.25) is 4.79 Å². The number of carbonyl (C=O) groups is 1. The highest BCUT2D eigenvalue weighted by atomic mass is 16.5. The largest absolute Gasteiger partial charge is 0.393 e. The van der Waals surface area contributed by atoms with Crippen LogP contribution in [0.5, 0.6) is 0 Å². The minimum Gasteiger partial charge on any atom is -0.393 e. The first-order chi connectivity index (χ1) is 6.63. The monoisotopic (exact) mass is 201 g/mol. The molecule has 82 valence electrons. The van der Waals surface area contributed by atoms with Crippen molar-refractivity contribution in [3.63, 3.8) is 0 Å². The lowest BCUT2D eigenvalue weighted by Gasteiger charge is -2.27. The molecule has 1 unspecified atom stereocenters. The van der Waals surface area contributed by atoms with Gasteiger partial charge in [-0.1, -0.05) is 0 Å². The molecule has 2 N–H and O–H groups in total. The van der Waals surface area contributed by atoms with E-state index in [1.54, 1.807) is 14.0 Å². The highest BCUT2D eigenvalue weighted by Gasteiger charge is 2.23. The number of amides is 1. The summed E-state index contributed by atoms with van der Waals surface area (Å²) in [5.74, 6) is -0.0869. The Morgan fingerprint density at radius 2 is 2.00 bits per heavy atom. The summed E-state index contributed by atoms with van der Waals surface area (Å²) >= 11 is 0. The third-order valence-corrected chi connectivity index (χ3v) is 2.66. The highest BCUT2D eigenvalue weighted by molar-refractivity contribution is 5.79. The quantitative estimate of drug-likeness (QED) is 0.696. The van der Waals surface area contributed by atoms with Crippen molar-refractivity contribution in [1.82, 2.24) is 5.32 Å². The molecule has 0 aromatic rings. The molecule has 0 saturated heterocycles. The molecule has 0 spiro atoms. The van der Waals surface area contributed by atoms with E-state index in [9.17, 15) is 9.90 Å². The number of aliphatic hydroxyl groups excluding tert-OH is 1. The van der Waals surface area contributed by atoms with Gasteiger partial charge in [0.25, 0.3) is 0 Å². The summed E-state index contributed by atoms with van der Waals surface area (Å²) in [6, 6.07) is 0. The number of aliphatic hydroxyl groups is 1. The average Bonchev–Trinajstić information content (AvgIpc) is 2.20. The summed E-state index contributed by atoms with van der Waals surface area (Å²) in [7, 11) is 1.60. The molecule has 0 radical (unpaired) electrons. The van der Waals surface area contributed by atoms with Gasteiger partial charge in [-0.2, -0.15) is 0 Å². The van der Waals surface area contributed by atoms with Gasteiger partial charge in [-0.25, -0.2) is 0 Å². The molecule has 1 aliphatic carbocycles. The predicted molar refractivity (Wildman–Crippen MR) is 52.9 cm³/mol. The summed E-state index contributed by atoms with van der Waals surface area (Å²) in [6.07, 6.45) is 2.83. The van der Waals surface area contributed by atoms with Crippen LogP contribution in [-0.2, 0) is 9.53 Å². The number of hydrogen-bond acceptors (Lipinski definition) is 3. The zero-order valence-corrected chi connectivity index (χ0v) is 8.82. The minimum absolute atomic E-state index is 0.0869. The van der Waals surface area contributed by atoms with Crippen LogP contribution in [0.3, 0.4) is 0 Å². The van der Waals surface area contributed by atoms with Crippen LogP contribution >= 0.6 is 0 Å². The molecule has 0 heterocycles. The van der Waals surface area contributed by atoms with Gasteiger partial charge in [-0.15, -0.1) is 0 Å². The first-order valence-corrected chi connectivity index (χ1v) is 5.18. The first kappa shape index (κ1) is 11.5. The number of nitrogens with one attached hydrogen (secondary N) is 1. The summed E-state index contributed by atoms with van der Waals surface area (Å²) < 4.78 is 5.57. The van der Waals surface area contributed by atoms with Crippen LogP contribution in [-0.4, -0.2) is 36.4 Å². The highest BCUT2D eigenvalue weighted by Crippen LogP contribution is 2.21. The molecule has 0 aliphatic heterocycles. The van der Waals surface area contributed by atoms with Gasteiger partial charge in [0, 0.05) is 7.05 Å². The fraction of sp³-hybridized carbons (Fsp3) is 0.900. The van der Waals surface area contributed by atoms with Crippen LogP contribution in [0.25, 0.3) is 0 Å². The summed E-state index contributed by atoms with van der Waals surface area (Å²) in [5, 5.41) is 11.8. The van der Waals surface area contributed by atoms with Crippen molar-refractivity contribution in [3.8, 4) is 0 Å². The Bertz CT molecular complexity index is 188. The van der Waals surface area contributed by atoms with E-state index in [4.69, 9.17) is 4.74 Å². The normalized spacial score (nSPS) is 29.6. The van der Waals surface area contributed by atoms with Crippen molar-refractivity contribution in [2.24, 2.45) is 0 Å². The fourth-order valence-corrected chi connectivity index (χ4v) is 1.74. The van der Waals surface area contributed by atoms with Crippen LogP contribution in [0.4, 0.5) is 0 Å². The molecular formula is C10H19NO3. The maximum atomic E-state index is 11.2. The number of rotatable bonds is 3. The maximum Gasteiger partial charge on any atom is 0.248 e. The fourth-order valence-electron chi connectivity index (χ4n) is 1.74. The van der Waals surface area contributed by atoms with Gasteiger partial charge < -0.3 is 15.2 Å². The van der Waals surface area contributed by atoms with Gasteiger partial charge in [0.05, 0.1) is 12.2 Å². The van der Waals surface area contributed by atoms with Crippen molar-refractivity contribution in [2.45, 2.75) is 50.9 Å². The lowest BCUT2D eigenvalue weighted by atomic mass is 9.95. The molecule has 14 heavy (non-hydrogen) atoms. The minimum atomic E-state index is -0.389. The number of ether oxygens (including phenoxy) is 1. The smallest absolute Gasteiger partial charge is 0.248 e. The van der Waals surface area contributed by atoms with Crippen LogP contribution in [0.1, 0.15) is 32.6 Å². The van der Waals surface area contributed by atoms with Crippen molar-refractivity contribution in [1.29, 1.82) is 0 Å². The molecule has 1 amide bonds. The van der Waals surface area contributed by atoms with E-state index in [1.165, 1.54) is 0 Å². The standard InChI is InChI=1S/C10H19NO3/c1-7(10(13)11-2)14-9-5-3-8(12)4-6-9/h7-9,12H,3-6H2,1-2H3,(H,11,13). The van der Waals surface area contributed by atoms with Crippen molar-refractivity contribution >= 4 is 5.91 Å². The van der Waals surface area contributed by atoms with Crippen LogP contribution in [0.2, 0.25) is 0 Å². The molecule has 1 fully saturated rings. The molecule has 4 heteroatoms. The second kappa shape index (κ2) is 5.32. The molecular weight excluding hydrogens is 182 g/mol. The van der Waals surface area contributed by atoms with Gasteiger partial charge in [0.15, 0.2) is 0 Å². The van der Waals surface area contributed by atoms with Crippen LogP contribution in [0.15, 0.2) is 0 Å². The second-order valence-corrected chi connectivity index (χ2v) is 3.82. The zero-order valence-electron chi connectivity index (χ0n) is 8.82. The Hall–Kier alpha value is -0.610. The Labute approximate surface area is 84.6 Å². The van der Waals surface area contributed by atoms with Gasteiger partial charge >= 0.3 is 0 Å². The third kappa shape index (κ3) is 3.27. The zero-order chi connectivity index (χ0) is 10.6. The SMILES string of the molecule is CNC(=O)C(C)OC1CCC(O)CC1. The summed E-state index contributed by atoms with van der Waals surface area (Å²) in [4.78, 5) is 11.2. The molecule has 0 bridgehead atoms. The maximum absolute atomic E-state index is 11.2. The van der Waals surface area contributed by atoms with Crippen molar-refractivity contribution in [3.05, 3.63) is 0 Å². The molecule has 0 aromatic heterocycles. The number of likely N-dealkylation sites (N-methyl/N-ethyl adjacent to an activating group) is 1. The number of hydrogen-bond donors (Lipinski definition) is 2. The lowest BCUT2D eigenvalue weighted by molar-refractivity contribution is -0.136. The summed E-state index contributed by atoms with van der Waals surface area (Å²) in [6.45, 7) is 1.75. The molecule has 1 rings (SSSR count). The molecule has 4 nitrogen and oxygen atoms in total. The van der Waals surface area contributed by atoms with E-state index in [2.05, 4.69) is 5.32 Å². The van der Waals surface area contributed by atoms with Gasteiger partial charge in [0.1, 0.15) is 6.10 Å². The Morgan fingerprint density at radius 1 is 1.43 bits per heavy atom. The van der Waals surface area contributed by atoms with E-state index in [1.807, 2.05) is 0 Å². The predicted octanol–water partition coefficient (Wildman–Crippen LogP) is 0.441. The first-order valence-electron chi connectivity index (χ1n) is 5.18. The third-order valence-electron chi connectivity index (χ3n) is 2.66. The van der Waals surface area contributed by atoms with E-state index in [0.717, 1.165) is 25.7 Å². The van der Waals surface area contributed by atoms with E-state index in [0.29, 0.717) is 0 Å². The Kier molecular flexibility index (Phi) is 4.35. The molecule has 1 atom stereocenters. The van der Waals surface area contributed by atoms with Gasteiger partial charge in [0.2, 0.25) is 5.91 Å². The second-order valence-electron chi connectivity index (χ2n) is 3.82. The van der Waals surface area contributed by atoms with Crippen LogP contribution in [0, 0.1) is 0 Å². The molecule has 1 saturated carbocycles. The van der Waals surface area contributed by atoms with E-state index in [-0.39, 0.29) is 24.2 Å². The molecule has 0 aromatic carbocycles. The van der Waals surface area contributed by atoms with Crippen molar-refractivity contribution < 1.29 is 14.6 Å². The molecule has 1 aliphatic rings. The summed E-state index contributed by atoms with van der Waals surface area (Å²) in [5.41, 5.74) is 0. The van der Waals surface area contributed by atoms with Gasteiger partial charge in [-0.05, 0) is 32.6 Å². The Balaban J connectivity index is 2.27. The van der Waals surface area contributed by atoms with Crippen LogP contribution < -0.4 is 5.32 Å². The average molecular weight is 201 g/mol. The van der Waals surface area contributed by atoms with E-state index < -0.39 is 0 Å². The lowest BCUT2D eigenvalue weighted by Crippen LogP contribution is -2.36. The van der Waals surface area contributed by atoms with Crippen molar-refractivity contribution in [2.75, 3.05) is 7.05 Å².